The molecule has 3 aromatic carbocycles. The van der Waals surface area contributed by atoms with Crippen LogP contribution in [0.25, 0.3) is 41.7 Å². The first kappa shape index (κ1) is 12.6. The van der Waals surface area contributed by atoms with E-state index in [1.165, 1.54) is 52.8 Å². The molecule has 0 fully saturated rings. The Hall–Kier alpha value is -1.90. The maximum Gasteiger partial charge on any atom is 0.0424 e. The van der Waals surface area contributed by atoms with Gasteiger partial charge in [-0.2, -0.15) is 0 Å². The lowest BCUT2D eigenvalue weighted by molar-refractivity contribution is 1.43. The zero-order chi connectivity index (χ0) is 14.8. The third-order valence-electron chi connectivity index (χ3n) is 4.85. The predicted molar refractivity (Wildman–Crippen MR) is 102 cm³/mol. The molecule has 2 heterocycles. The minimum Gasteiger partial charge on any atom is -0.143 e. The third-order valence-corrected chi connectivity index (χ3v) is 6.74. The lowest BCUT2D eigenvalue weighted by Gasteiger charge is -2.13. The smallest absolute Gasteiger partial charge is 0.0424 e. The highest BCUT2D eigenvalue weighted by Gasteiger charge is 2.14. The minimum atomic E-state index is 1.36. The highest BCUT2D eigenvalue weighted by atomic mass is 32.1. The lowest BCUT2D eigenvalue weighted by atomic mass is 9.92. The van der Waals surface area contributed by atoms with Crippen molar-refractivity contribution in [3.05, 3.63) is 58.3 Å². The van der Waals surface area contributed by atoms with Crippen LogP contribution < -0.4 is 0 Å². The minimum absolute atomic E-state index is 1.36. The largest absolute Gasteiger partial charge is 0.143 e. The van der Waals surface area contributed by atoms with E-state index in [9.17, 15) is 0 Å². The van der Waals surface area contributed by atoms with Gasteiger partial charge in [0, 0.05) is 20.2 Å². The summed E-state index contributed by atoms with van der Waals surface area (Å²) in [5.74, 6) is 0. The van der Waals surface area contributed by atoms with Gasteiger partial charge >= 0.3 is 0 Å². The van der Waals surface area contributed by atoms with Gasteiger partial charge in [0.1, 0.15) is 0 Å². The number of rotatable bonds is 0. The van der Waals surface area contributed by atoms with E-state index in [1.54, 1.807) is 0 Å². The van der Waals surface area contributed by atoms with Crippen molar-refractivity contribution in [3.63, 3.8) is 0 Å². The van der Waals surface area contributed by atoms with Gasteiger partial charge in [0.05, 0.1) is 0 Å². The molecular weight excluding hydrogens is 304 g/mol. The molecule has 0 unspecified atom stereocenters. The number of aryl methyl sites for hydroxylation is 2. The quantitative estimate of drug-likeness (QED) is 0.269. The second-order valence-electron chi connectivity index (χ2n) is 5.90. The molecule has 2 heteroatoms. The van der Waals surface area contributed by atoms with Gasteiger partial charge < -0.3 is 0 Å². The van der Waals surface area contributed by atoms with E-state index in [0.717, 1.165) is 0 Å². The van der Waals surface area contributed by atoms with Crippen LogP contribution in [0.5, 0.6) is 0 Å². The Labute approximate surface area is 136 Å². The van der Waals surface area contributed by atoms with Crippen LogP contribution in [0.1, 0.15) is 11.1 Å². The summed E-state index contributed by atoms with van der Waals surface area (Å²) in [6.45, 7) is 4.56. The van der Waals surface area contributed by atoms with Gasteiger partial charge in [0.15, 0.2) is 0 Å². The molecule has 22 heavy (non-hydrogen) atoms. The summed E-state index contributed by atoms with van der Waals surface area (Å²) in [5, 5.41) is 12.8. The molecule has 0 aliphatic heterocycles. The van der Waals surface area contributed by atoms with Crippen LogP contribution in [0.4, 0.5) is 0 Å². The molecule has 0 saturated carbocycles. The Kier molecular flexibility index (Phi) is 2.47. The van der Waals surface area contributed by atoms with Crippen LogP contribution in [-0.4, -0.2) is 0 Å². The predicted octanol–water partition coefficient (Wildman–Crippen LogP) is 7.04. The number of thiophene rings is 2. The van der Waals surface area contributed by atoms with Gasteiger partial charge in [-0.3, -0.25) is 0 Å². The fraction of sp³-hybridized carbons (Fsp3) is 0.100. The molecule has 0 aliphatic rings. The Morgan fingerprint density at radius 3 is 1.50 bits per heavy atom. The molecule has 0 saturated heterocycles. The standard InChI is InChI=1S/C20H14S2/c1-11-12(2)18-16(6-4-14-8-10-22-20(14)18)15-5-3-13-7-9-21-19(13)17(11)15/h3-10H,1-2H3. The van der Waals surface area contributed by atoms with E-state index in [4.69, 9.17) is 0 Å². The van der Waals surface area contributed by atoms with Gasteiger partial charge in [-0.1, -0.05) is 24.3 Å². The van der Waals surface area contributed by atoms with Crippen molar-refractivity contribution < 1.29 is 0 Å². The zero-order valence-corrected chi connectivity index (χ0v) is 14.1. The van der Waals surface area contributed by atoms with Crippen LogP contribution in [0, 0.1) is 13.8 Å². The van der Waals surface area contributed by atoms with Gasteiger partial charge in [-0.25, -0.2) is 0 Å². The second-order valence-corrected chi connectivity index (χ2v) is 7.74. The Bertz CT molecular complexity index is 1090. The number of hydrogen-bond acceptors (Lipinski definition) is 2. The molecule has 0 aliphatic carbocycles. The molecule has 0 spiro atoms. The maximum absolute atomic E-state index is 2.30. The van der Waals surface area contributed by atoms with E-state index >= 15 is 0 Å². The summed E-state index contributed by atoms with van der Waals surface area (Å²) in [6, 6.07) is 13.6. The van der Waals surface area contributed by atoms with E-state index < -0.39 is 0 Å². The van der Waals surface area contributed by atoms with Crippen LogP contribution in [0.2, 0.25) is 0 Å². The molecule has 106 valence electrons. The molecule has 0 amide bonds. The second kappa shape index (κ2) is 4.31. The number of hydrogen-bond donors (Lipinski definition) is 0. The molecule has 2 aromatic heterocycles. The lowest BCUT2D eigenvalue weighted by Crippen LogP contribution is -1.89. The topological polar surface area (TPSA) is 0 Å². The molecule has 5 rings (SSSR count). The molecule has 5 aromatic rings. The van der Waals surface area contributed by atoms with Crippen molar-refractivity contribution in [2.45, 2.75) is 13.8 Å². The van der Waals surface area contributed by atoms with Crippen LogP contribution in [0.3, 0.4) is 0 Å². The van der Waals surface area contributed by atoms with E-state index in [1.807, 2.05) is 22.7 Å². The number of fused-ring (bicyclic) bond motifs is 7. The molecular formula is C20H14S2. The van der Waals surface area contributed by atoms with Crippen LogP contribution in [-0.2, 0) is 0 Å². The molecule has 0 radical (unpaired) electrons. The van der Waals surface area contributed by atoms with E-state index in [0.29, 0.717) is 0 Å². The number of benzene rings is 3. The first-order valence-corrected chi connectivity index (χ1v) is 9.20. The molecule has 0 N–H and O–H groups in total. The van der Waals surface area contributed by atoms with Crippen molar-refractivity contribution in [3.8, 4) is 0 Å². The van der Waals surface area contributed by atoms with Crippen molar-refractivity contribution in [1.29, 1.82) is 0 Å². The average molecular weight is 318 g/mol. The Morgan fingerprint density at radius 1 is 0.591 bits per heavy atom. The van der Waals surface area contributed by atoms with Crippen LogP contribution >= 0.6 is 22.7 Å². The fourth-order valence-electron chi connectivity index (χ4n) is 3.63. The average Bonchev–Trinajstić information content (AvgIpc) is 3.18. The first-order valence-electron chi connectivity index (χ1n) is 7.45. The van der Waals surface area contributed by atoms with Crippen molar-refractivity contribution in [2.24, 2.45) is 0 Å². The normalized spacial score (nSPS) is 12.1. The summed E-state index contributed by atoms with van der Waals surface area (Å²) >= 11 is 3.71. The summed E-state index contributed by atoms with van der Waals surface area (Å²) in [4.78, 5) is 0. The summed E-state index contributed by atoms with van der Waals surface area (Å²) in [5.41, 5.74) is 2.85. The van der Waals surface area contributed by atoms with Crippen molar-refractivity contribution in [2.75, 3.05) is 0 Å². The summed E-state index contributed by atoms with van der Waals surface area (Å²) in [7, 11) is 0. The van der Waals surface area contributed by atoms with Gasteiger partial charge in [-0.05, 0) is 69.4 Å². The highest BCUT2D eigenvalue weighted by molar-refractivity contribution is 7.18. The fourth-order valence-corrected chi connectivity index (χ4v) is 5.64. The molecule has 0 atom stereocenters. The van der Waals surface area contributed by atoms with Crippen molar-refractivity contribution >= 4 is 64.4 Å². The maximum atomic E-state index is 2.30. The van der Waals surface area contributed by atoms with Gasteiger partial charge in [0.25, 0.3) is 0 Å². The third kappa shape index (κ3) is 1.47. The van der Waals surface area contributed by atoms with Gasteiger partial charge in [0.2, 0.25) is 0 Å². The monoisotopic (exact) mass is 318 g/mol. The van der Waals surface area contributed by atoms with E-state index in [2.05, 4.69) is 61.0 Å². The highest BCUT2D eigenvalue weighted by Crippen LogP contribution is 2.41. The SMILES string of the molecule is Cc1c(C)c2c(ccc3ccsc32)c2ccc3ccsc3c12. The summed E-state index contributed by atoms with van der Waals surface area (Å²) < 4.78 is 2.84. The van der Waals surface area contributed by atoms with Crippen molar-refractivity contribution in [1.82, 2.24) is 0 Å². The molecule has 0 bridgehead atoms. The van der Waals surface area contributed by atoms with E-state index in [-0.39, 0.29) is 0 Å². The Morgan fingerprint density at radius 2 is 1.05 bits per heavy atom. The summed E-state index contributed by atoms with van der Waals surface area (Å²) in [6.07, 6.45) is 0. The molecule has 0 nitrogen and oxygen atoms in total. The van der Waals surface area contributed by atoms with Gasteiger partial charge in [-0.15, -0.1) is 22.7 Å². The van der Waals surface area contributed by atoms with Crippen LogP contribution in [0.15, 0.2) is 47.2 Å². The zero-order valence-electron chi connectivity index (χ0n) is 12.4. The first-order chi connectivity index (χ1) is 10.8. The Balaban J connectivity index is 2.18.